The zero-order chi connectivity index (χ0) is 16.9. The van der Waals surface area contributed by atoms with Crippen molar-refractivity contribution < 1.29 is 13.9 Å². The number of ether oxygens (including phenoxy) is 1. The van der Waals surface area contributed by atoms with Crippen LogP contribution in [0.1, 0.15) is 24.1 Å². The van der Waals surface area contributed by atoms with E-state index in [1.165, 1.54) is 18.2 Å². The monoisotopic (exact) mass is 326 g/mol. The van der Waals surface area contributed by atoms with Crippen LogP contribution in [0, 0.1) is 5.82 Å². The minimum absolute atomic E-state index is 0.170. The summed E-state index contributed by atoms with van der Waals surface area (Å²) in [6.07, 6.45) is 2.81. The Hall–Kier alpha value is -2.82. The minimum atomic E-state index is -0.352. The second-order valence-corrected chi connectivity index (χ2v) is 5.62. The molecule has 0 saturated heterocycles. The van der Waals surface area contributed by atoms with Crippen LogP contribution < -0.4 is 15.4 Å². The summed E-state index contributed by atoms with van der Waals surface area (Å²) in [6.45, 7) is 3.32. The Bertz CT molecular complexity index is 774. The lowest BCUT2D eigenvalue weighted by Crippen LogP contribution is -2.25. The van der Waals surface area contributed by atoms with Crippen molar-refractivity contribution in [3.05, 3.63) is 65.5 Å². The Morgan fingerprint density at radius 3 is 3.00 bits per heavy atom. The molecule has 0 aliphatic carbocycles. The average Bonchev–Trinajstić information content (AvgIpc) is 2.60. The van der Waals surface area contributed by atoms with Gasteiger partial charge in [-0.05, 0) is 36.8 Å². The maximum absolute atomic E-state index is 13.5. The van der Waals surface area contributed by atoms with Crippen LogP contribution in [0.3, 0.4) is 0 Å². The SMILES string of the molecule is C[C@@H](NC(=O)/C=C/c1ccccc1F)c1ccc2c(c1)NCCO2. The molecular weight excluding hydrogens is 307 g/mol. The Morgan fingerprint density at radius 1 is 1.33 bits per heavy atom. The lowest BCUT2D eigenvalue weighted by molar-refractivity contribution is -0.117. The van der Waals surface area contributed by atoms with Gasteiger partial charge in [0.25, 0.3) is 0 Å². The molecule has 1 heterocycles. The molecule has 0 bridgehead atoms. The van der Waals surface area contributed by atoms with Crippen LogP contribution in [-0.4, -0.2) is 19.1 Å². The summed E-state index contributed by atoms with van der Waals surface area (Å²) >= 11 is 0. The van der Waals surface area contributed by atoms with Gasteiger partial charge in [0.2, 0.25) is 5.91 Å². The lowest BCUT2D eigenvalue weighted by atomic mass is 10.1. The summed E-state index contributed by atoms with van der Waals surface area (Å²) in [7, 11) is 0. The number of benzene rings is 2. The molecule has 3 rings (SSSR count). The van der Waals surface area contributed by atoms with Crippen LogP contribution in [0.25, 0.3) is 6.08 Å². The fraction of sp³-hybridized carbons (Fsp3) is 0.211. The molecule has 2 N–H and O–H groups in total. The van der Waals surface area contributed by atoms with Gasteiger partial charge >= 0.3 is 0 Å². The van der Waals surface area contributed by atoms with Crippen molar-refractivity contribution in [1.29, 1.82) is 0 Å². The molecule has 1 aliphatic heterocycles. The van der Waals surface area contributed by atoms with E-state index in [9.17, 15) is 9.18 Å². The summed E-state index contributed by atoms with van der Waals surface area (Å²) in [5.41, 5.74) is 2.29. The van der Waals surface area contributed by atoms with Crippen LogP contribution >= 0.6 is 0 Å². The van der Waals surface area contributed by atoms with Gasteiger partial charge in [-0.25, -0.2) is 4.39 Å². The van der Waals surface area contributed by atoms with Gasteiger partial charge < -0.3 is 15.4 Å². The molecule has 124 valence electrons. The Morgan fingerprint density at radius 2 is 2.17 bits per heavy atom. The molecule has 4 nitrogen and oxygen atoms in total. The Labute approximate surface area is 140 Å². The highest BCUT2D eigenvalue weighted by atomic mass is 19.1. The fourth-order valence-corrected chi connectivity index (χ4v) is 2.55. The maximum atomic E-state index is 13.5. The van der Waals surface area contributed by atoms with E-state index in [1.807, 2.05) is 25.1 Å². The van der Waals surface area contributed by atoms with E-state index in [-0.39, 0.29) is 17.8 Å². The number of hydrogen-bond donors (Lipinski definition) is 2. The molecule has 0 unspecified atom stereocenters. The van der Waals surface area contributed by atoms with E-state index in [0.29, 0.717) is 12.2 Å². The zero-order valence-electron chi connectivity index (χ0n) is 13.4. The average molecular weight is 326 g/mol. The van der Waals surface area contributed by atoms with E-state index < -0.39 is 0 Å². The topological polar surface area (TPSA) is 50.4 Å². The number of amides is 1. The molecule has 0 spiro atoms. The molecule has 2 aromatic rings. The highest BCUT2D eigenvalue weighted by Gasteiger charge is 2.13. The fourth-order valence-electron chi connectivity index (χ4n) is 2.55. The van der Waals surface area contributed by atoms with Crippen molar-refractivity contribution in [2.75, 3.05) is 18.5 Å². The molecule has 1 aliphatic rings. The van der Waals surface area contributed by atoms with Crippen molar-refractivity contribution in [1.82, 2.24) is 5.32 Å². The quantitative estimate of drug-likeness (QED) is 0.845. The van der Waals surface area contributed by atoms with E-state index >= 15 is 0 Å². The third-order valence-corrected chi connectivity index (χ3v) is 3.86. The molecule has 2 aromatic carbocycles. The molecular formula is C19H19FN2O2. The highest BCUT2D eigenvalue weighted by molar-refractivity contribution is 5.92. The third kappa shape index (κ3) is 3.74. The van der Waals surface area contributed by atoms with Gasteiger partial charge in [0.1, 0.15) is 18.2 Å². The first kappa shape index (κ1) is 16.1. The van der Waals surface area contributed by atoms with E-state index in [4.69, 9.17) is 4.74 Å². The van der Waals surface area contributed by atoms with Crippen LogP contribution in [0.5, 0.6) is 5.75 Å². The predicted molar refractivity (Wildman–Crippen MR) is 92.4 cm³/mol. The molecule has 0 aromatic heterocycles. The third-order valence-electron chi connectivity index (χ3n) is 3.86. The molecule has 24 heavy (non-hydrogen) atoms. The van der Waals surface area contributed by atoms with Crippen LogP contribution in [-0.2, 0) is 4.79 Å². The van der Waals surface area contributed by atoms with Crippen molar-refractivity contribution >= 4 is 17.7 Å². The summed E-state index contributed by atoms with van der Waals surface area (Å²) in [6, 6.07) is 12.0. The highest BCUT2D eigenvalue weighted by Crippen LogP contribution is 2.30. The summed E-state index contributed by atoms with van der Waals surface area (Å²) in [5.74, 6) is 0.200. The second kappa shape index (κ2) is 7.17. The number of hydrogen-bond acceptors (Lipinski definition) is 3. The van der Waals surface area contributed by atoms with Crippen LogP contribution in [0.2, 0.25) is 0 Å². The normalized spacial score (nSPS) is 14.4. The maximum Gasteiger partial charge on any atom is 0.244 e. The van der Waals surface area contributed by atoms with Crippen LogP contribution in [0.15, 0.2) is 48.5 Å². The number of anilines is 1. The smallest absolute Gasteiger partial charge is 0.244 e. The second-order valence-electron chi connectivity index (χ2n) is 5.62. The lowest BCUT2D eigenvalue weighted by Gasteiger charge is -2.21. The number of halogens is 1. The number of rotatable bonds is 4. The van der Waals surface area contributed by atoms with Crippen LogP contribution in [0.4, 0.5) is 10.1 Å². The van der Waals surface area contributed by atoms with Crippen molar-refractivity contribution in [2.45, 2.75) is 13.0 Å². The Balaban J connectivity index is 1.65. The van der Waals surface area contributed by atoms with Crippen molar-refractivity contribution in [3.8, 4) is 5.75 Å². The minimum Gasteiger partial charge on any atom is -0.490 e. The van der Waals surface area contributed by atoms with E-state index in [2.05, 4.69) is 10.6 Å². The van der Waals surface area contributed by atoms with Crippen molar-refractivity contribution in [3.63, 3.8) is 0 Å². The molecule has 0 saturated carbocycles. The molecule has 0 fully saturated rings. The standard InChI is InChI=1S/C19H19FN2O2/c1-13(15-6-8-18-17(12-15)21-10-11-24-18)22-19(23)9-7-14-4-2-3-5-16(14)20/h2-9,12-13,21H,10-11H2,1H3,(H,22,23)/b9-7+/t13-/m1/s1. The van der Waals surface area contributed by atoms with Gasteiger partial charge in [0.15, 0.2) is 0 Å². The summed E-state index contributed by atoms with van der Waals surface area (Å²) in [4.78, 5) is 12.0. The molecule has 0 radical (unpaired) electrons. The van der Waals surface area contributed by atoms with Gasteiger partial charge in [0.05, 0.1) is 11.7 Å². The van der Waals surface area contributed by atoms with Gasteiger partial charge in [-0.1, -0.05) is 24.3 Å². The molecule has 5 heteroatoms. The largest absolute Gasteiger partial charge is 0.490 e. The number of carbonyl (C=O) groups excluding carboxylic acids is 1. The van der Waals surface area contributed by atoms with Crippen molar-refractivity contribution in [2.24, 2.45) is 0 Å². The van der Waals surface area contributed by atoms with Gasteiger partial charge in [-0.2, -0.15) is 0 Å². The summed E-state index contributed by atoms with van der Waals surface area (Å²) < 4.78 is 19.1. The predicted octanol–water partition coefficient (Wildman–Crippen LogP) is 3.52. The van der Waals surface area contributed by atoms with E-state index in [1.54, 1.807) is 18.2 Å². The molecule has 1 atom stereocenters. The Kier molecular flexibility index (Phi) is 4.79. The van der Waals surface area contributed by atoms with Gasteiger partial charge in [0, 0.05) is 18.2 Å². The molecule has 1 amide bonds. The number of carbonyl (C=O) groups is 1. The first-order chi connectivity index (χ1) is 11.6. The first-order valence-electron chi connectivity index (χ1n) is 7.87. The first-order valence-corrected chi connectivity index (χ1v) is 7.87. The summed E-state index contributed by atoms with van der Waals surface area (Å²) in [5, 5.41) is 6.15. The zero-order valence-corrected chi connectivity index (χ0v) is 13.4. The van der Waals surface area contributed by atoms with Gasteiger partial charge in [-0.15, -0.1) is 0 Å². The van der Waals surface area contributed by atoms with E-state index in [0.717, 1.165) is 23.5 Å². The van der Waals surface area contributed by atoms with Gasteiger partial charge in [-0.3, -0.25) is 4.79 Å². The number of fused-ring (bicyclic) bond motifs is 1. The number of nitrogens with one attached hydrogen (secondary N) is 2.